The minimum atomic E-state index is 0. The van der Waals surface area contributed by atoms with Gasteiger partial charge >= 0.3 is 5.82 Å². The fourth-order valence-corrected chi connectivity index (χ4v) is 2.02. The molecule has 1 aliphatic heterocycles. The molecule has 0 bridgehead atoms. The number of aryl methyl sites for hydroxylation is 1. The summed E-state index contributed by atoms with van der Waals surface area (Å²) in [6.07, 6.45) is 5.41. The van der Waals surface area contributed by atoms with Crippen LogP contribution in [0.1, 0.15) is 5.82 Å². The summed E-state index contributed by atoms with van der Waals surface area (Å²) < 4.78 is 9.32. The molecular weight excluding hydrogens is 291 g/mol. The van der Waals surface area contributed by atoms with Gasteiger partial charge in [0.25, 0.3) is 0 Å². The number of morpholine rings is 1. The van der Waals surface area contributed by atoms with Crippen molar-refractivity contribution >= 4 is 18.6 Å². The molecule has 1 N–H and O–H groups in total. The second-order valence-electron chi connectivity index (χ2n) is 4.16. The van der Waals surface area contributed by atoms with Crippen molar-refractivity contribution in [3.05, 3.63) is 18.2 Å². The van der Waals surface area contributed by atoms with E-state index in [9.17, 15) is 0 Å². The molecule has 6 nitrogen and oxygen atoms in total. The zero-order chi connectivity index (χ0) is 12.1. The van der Waals surface area contributed by atoms with E-state index >= 15 is 0 Å². The van der Waals surface area contributed by atoms with E-state index in [2.05, 4.69) is 14.6 Å². The van der Waals surface area contributed by atoms with Gasteiger partial charge in [-0.3, -0.25) is 4.90 Å². The second-order valence-corrected chi connectivity index (χ2v) is 4.16. The molecule has 2 rings (SSSR count). The largest absolute Gasteiger partial charge is 1.00 e. The molecule has 0 radical (unpaired) electrons. The third kappa shape index (κ3) is 4.99. The van der Waals surface area contributed by atoms with E-state index in [0.29, 0.717) is 0 Å². The average Bonchev–Trinajstić information content (AvgIpc) is 2.70. The van der Waals surface area contributed by atoms with Crippen LogP contribution in [0, 0.1) is 0 Å². The molecule has 0 saturated carbocycles. The maximum Gasteiger partial charge on any atom is 0.303 e. The Labute approximate surface area is 125 Å². The molecule has 0 aliphatic carbocycles. The van der Waals surface area contributed by atoms with E-state index in [0.717, 1.165) is 45.2 Å². The van der Waals surface area contributed by atoms with Crippen LogP contribution in [0.25, 0.3) is 0 Å². The average molecular weight is 311 g/mol. The molecule has 8 heteroatoms. The number of imidazole rings is 1. The lowest BCUT2D eigenvalue weighted by atomic mass is 10.4. The smallest absolute Gasteiger partial charge is 0.303 e. The first-order valence-electron chi connectivity index (χ1n) is 5.83. The first kappa shape index (κ1) is 18.2. The van der Waals surface area contributed by atoms with Gasteiger partial charge in [-0.2, -0.15) is 0 Å². The van der Waals surface area contributed by atoms with Crippen LogP contribution in [0.2, 0.25) is 0 Å². The van der Waals surface area contributed by atoms with E-state index in [4.69, 9.17) is 9.94 Å². The minimum Gasteiger partial charge on any atom is -1.00 e. The fourth-order valence-electron chi connectivity index (χ4n) is 2.02. The quantitative estimate of drug-likeness (QED) is 0.277. The van der Waals surface area contributed by atoms with Crippen LogP contribution in [0.3, 0.4) is 0 Å². The lowest BCUT2D eigenvalue weighted by Crippen LogP contribution is -3.00. The van der Waals surface area contributed by atoms with Crippen LogP contribution in [0.5, 0.6) is 0 Å². The number of rotatable bonds is 4. The first-order valence-corrected chi connectivity index (χ1v) is 5.83. The molecule has 1 aliphatic rings. The van der Waals surface area contributed by atoms with Crippen molar-refractivity contribution in [2.75, 3.05) is 32.8 Å². The summed E-state index contributed by atoms with van der Waals surface area (Å²) in [6, 6.07) is 0. The molecule has 1 aromatic heterocycles. The lowest BCUT2D eigenvalue weighted by molar-refractivity contribution is -0.671. The van der Waals surface area contributed by atoms with E-state index in [1.165, 1.54) is 6.21 Å². The van der Waals surface area contributed by atoms with Gasteiger partial charge in [0.1, 0.15) is 18.9 Å². The Morgan fingerprint density at radius 3 is 2.74 bits per heavy atom. The summed E-state index contributed by atoms with van der Waals surface area (Å²) in [5.41, 5.74) is 0. The normalized spacial score (nSPS) is 16.1. The van der Waals surface area contributed by atoms with Gasteiger partial charge in [0.05, 0.1) is 20.3 Å². The van der Waals surface area contributed by atoms with E-state index in [1.807, 2.05) is 24.0 Å². The number of hydrogen-bond donors (Lipinski definition) is 1. The minimum absolute atomic E-state index is 0. The highest BCUT2D eigenvalue weighted by Crippen LogP contribution is 1.99. The Morgan fingerprint density at radius 1 is 1.42 bits per heavy atom. The van der Waals surface area contributed by atoms with Gasteiger partial charge in [-0.25, -0.2) is 9.13 Å². The second kappa shape index (κ2) is 9.14. The number of ether oxygens (including phenoxy) is 1. The molecule has 0 atom stereocenters. The highest BCUT2D eigenvalue weighted by Gasteiger charge is 2.15. The molecule has 1 fully saturated rings. The lowest BCUT2D eigenvalue weighted by Gasteiger charge is -2.25. The number of aromatic nitrogens is 2. The number of nitrogens with zero attached hydrogens (tertiary/aromatic N) is 4. The topological polar surface area (TPSA) is 53.9 Å². The zero-order valence-electron chi connectivity index (χ0n) is 10.9. The van der Waals surface area contributed by atoms with Gasteiger partial charge in [-0.05, 0) is 0 Å². The van der Waals surface area contributed by atoms with Gasteiger partial charge in [0, 0.05) is 19.6 Å². The first-order chi connectivity index (χ1) is 8.31. The highest BCUT2D eigenvalue weighted by atomic mass is 35.5. The molecule has 2 heterocycles. The molecule has 0 spiro atoms. The van der Waals surface area contributed by atoms with Gasteiger partial charge < -0.3 is 22.4 Å². The van der Waals surface area contributed by atoms with Crippen molar-refractivity contribution in [1.29, 1.82) is 0 Å². The van der Waals surface area contributed by atoms with Crippen LogP contribution in [-0.4, -0.2) is 53.7 Å². The summed E-state index contributed by atoms with van der Waals surface area (Å²) in [4.78, 5) is 2.38. The van der Waals surface area contributed by atoms with Crippen molar-refractivity contribution in [2.24, 2.45) is 12.2 Å². The Hall–Kier alpha value is -0.820. The predicted octanol–water partition coefficient (Wildman–Crippen LogP) is -3.12. The summed E-state index contributed by atoms with van der Waals surface area (Å²) in [5, 5.41) is 11.7. The SMILES string of the molecule is C[n+]1ccn(CCN2CCOCC2)c1/C=N/O.Cl.[Cl-]. The molecule has 19 heavy (non-hydrogen) atoms. The Bertz CT molecular complexity index is 392. The fraction of sp³-hybridized carbons (Fsp3) is 0.636. The molecule has 0 unspecified atom stereocenters. The number of oxime groups is 1. The third-order valence-corrected chi connectivity index (χ3v) is 3.06. The van der Waals surface area contributed by atoms with Crippen molar-refractivity contribution in [1.82, 2.24) is 9.47 Å². The summed E-state index contributed by atoms with van der Waals surface area (Å²) in [7, 11) is 1.93. The summed E-state index contributed by atoms with van der Waals surface area (Å²) in [5.74, 6) is 0.890. The van der Waals surface area contributed by atoms with Crippen molar-refractivity contribution < 1.29 is 26.9 Å². The van der Waals surface area contributed by atoms with Crippen LogP contribution >= 0.6 is 12.4 Å². The predicted molar refractivity (Wildman–Crippen MR) is 69.5 cm³/mol. The molecule has 110 valence electrons. The Kier molecular flexibility index (Phi) is 8.75. The van der Waals surface area contributed by atoms with E-state index in [-0.39, 0.29) is 24.8 Å². The van der Waals surface area contributed by atoms with Gasteiger partial charge in [-0.15, -0.1) is 12.4 Å². The third-order valence-electron chi connectivity index (χ3n) is 3.06. The molecule has 1 aromatic rings. The Morgan fingerprint density at radius 2 is 2.11 bits per heavy atom. The van der Waals surface area contributed by atoms with Crippen LogP contribution in [0.4, 0.5) is 0 Å². The molecule has 0 aromatic carbocycles. The monoisotopic (exact) mass is 310 g/mol. The molecule has 1 saturated heterocycles. The van der Waals surface area contributed by atoms with Gasteiger partial charge in [0.15, 0.2) is 6.21 Å². The maximum absolute atomic E-state index is 8.62. The van der Waals surface area contributed by atoms with E-state index in [1.54, 1.807) is 0 Å². The van der Waals surface area contributed by atoms with Crippen LogP contribution in [0.15, 0.2) is 17.5 Å². The molecular formula is C11H20Cl2N4O2. The number of hydrogen-bond acceptors (Lipinski definition) is 4. The van der Waals surface area contributed by atoms with Crippen molar-refractivity contribution in [2.45, 2.75) is 6.54 Å². The number of halogens is 2. The standard InChI is InChI=1S/C11H18N4O2.2ClH/c1-13-2-4-15(11(13)10-12-16)5-3-14-6-8-17-9-7-14;;/h2,4,10H,3,5-9H2,1H3;2*1H. The summed E-state index contributed by atoms with van der Waals surface area (Å²) in [6.45, 7) is 5.52. The molecule has 0 amide bonds. The van der Waals surface area contributed by atoms with Crippen molar-refractivity contribution in [3.63, 3.8) is 0 Å². The van der Waals surface area contributed by atoms with Gasteiger partial charge in [-0.1, -0.05) is 5.16 Å². The van der Waals surface area contributed by atoms with E-state index < -0.39 is 0 Å². The van der Waals surface area contributed by atoms with Crippen LogP contribution in [-0.2, 0) is 18.3 Å². The van der Waals surface area contributed by atoms with Crippen molar-refractivity contribution in [3.8, 4) is 0 Å². The Balaban J connectivity index is 0.00000162. The van der Waals surface area contributed by atoms with Gasteiger partial charge in [0.2, 0.25) is 0 Å². The maximum atomic E-state index is 8.62. The van der Waals surface area contributed by atoms with Crippen LogP contribution < -0.4 is 17.0 Å². The zero-order valence-corrected chi connectivity index (χ0v) is 12.5. The highest BCUT2D eigenvalue weighted by molar-refractivity contribution is 5.85. The summed E-state index contributed by atoms with van der Waals surface area (Å²) >= 11 is 0.